The molecule has 3 aromatic heterocycles. The Hall–Kier alpha value is -3.65. The SMILES string of the molecule is CN1CCN(c2cccc(Nc3ncc4ccc(NCc5cccnc5)n4n3)c2)CC1. The lowest BCUT2D eigenvalue weighted by Gasteiger charge is -2.34. The number of nitrogens with one attached hydrogen (secondary N) is 2. The summed E-state index contributed by atoms with van der Waals surface area (Å²) in [6.45, 7) is 4.93. The molecule has 1 aliphatic heterocycles. The van der Waals surface area contributed by atoms with E-state index in [9.17, 15) is 0 Å². The Kier molecular flexibility index (Phi) is 5.37. The summed E-state index contributed by atoms with van der Waals surface area (Å²) in [5.41, 5.74) is 4.25. The first-order valence-corrected chi connectivity index (χ1v) is 10.5. The fraction of sp³-hybridized carbons (Fsp3) is 0.261. The molecule has 0 spiro atoms. The van der Waals surface area contributed by atoms with Crippen LogP contribution in [-0.4, -0.2) is 57.7 Å². The van der Waals surface area contributed by atoms with Crippen LogP contribution in [0.3, 0.4) is 0 Å². The molecule has 0 amide bonds. The molecule has 8 heteroatoms. The van der Waals surface area contributed by atoms with Crippen LogP contribution in [0.1, 0.15) is 5.56 Å². The number of benzene rings is 1. The van der Waals surface area contributed by atoms with Crippen molar-refractivity contribution in [3.8, 4) is 0 Å². The molecule has 8 nitrogen and oxygen atoms in total. The summed E-state index contributed by atoms with van der Waals surface area (Å²) in [5, 5.41) is 11.5. The van der Waals surface area contributed by atoms with Gasteiger partial charge in [-0.15, -0.1) is 5.10 Å². The van der Waals surface area contributed by atoms with Crippen LogP contribution < -0.4 is 15.5 Å². The van der Waals surface area contributed by atoms with E-state index in [0.29, 0.717) is 12.5 Å². The predicted octanol–water partition coefficient (Wildman–Crippen LogP) is 3.23. The van der Waals surface area contributed by atoms with Crippen molar-refractivity contribution in [2.45, 2.75) is 6.54 Å². The van der Waals surface area contributed by atoms with E-state index in [-0.39, 0.29) is 0 Å². The van der Waals surface area contributed by atoms with Gasteiger partial charge in [0, 0.05) is 56.5 Å². The van der Waals surface area contributed by atoms with Crippen LogP contribution in [0, 0.1) is 0 Å². The van der Waals surface area contributed by atoms with Gasteiger partial charge in [-0.1, -0.05) is 12.1 Å². The zero-order chi connectivity index (χ0) is 21.0. The molecule has 1 fully saturated rings. The van der Waals surface area contributed by atoms with Crippen molar-refractivity contribution in [2.24, 2.45) is 0 Å². The number of fused-ring (bicyclic) bond motifs is 1. The van der Waals surface area contributed by atoms with E-state index in [1.165, 1.54) is 5.69 Å². The molecule has 2 N–H and O–H groups in total. The lowest BCUT2D eigenvalue weighted by atomic mass is 10.2. The summed E-state index contributed by atoms with van der Waals surface area (Å²) in [5.74, 6) is 1.47. The molecule has 4 aromatic rings. The van der Waals surface area contributed by atoms with Gasteiger partial charge in [-0.2, -0.15) is 0 Å². The molecule has 0 radical (unpaired) electrons. The van der Waals surface area contributed by atoms with E-state index in [2.05, 4.69) is 55.6 Å². The number of anilines is 4. The lowest BCUT2D eigenvalue weighted by Crippen LogP contribution is -2.44. The number of pyridine rings is 1. The molecule has 0 saturated carbocycles. The van der Waals surface area contributed by atoms with Gasteiger partial charge >= 0.3 is 0 Å². The molecule has 0 bridgehead atoms. The quantitative estimate of drug-likeness (QED) is 0.502. The Labute approximate surface area is 181 Å². The Balaban J connectivity index is 1.32. The van der Waals surface area contributed by atoms with Gasteiger partial charge in [0.15, 0.2) is 0 Å². The first kappa shape index (κ1) is 19.3. The standard InChI is InChI=1S/C23H26N8/c1-29-10-12-30(13-11-29)20-6-2-5-19(14-20)27-23-26-17-21-7-8-22(31(21)28-23)25-16-18-4-3-9-24-15-18/h2-9,14-15,17,25H,10-13,16H2,1H3,(H,27,28). The monoisotopic (exact) mass is 414 g/mol. The number of likely N-dealkylation sites (N-methyl/N-ethyl adjacent to an activating group) is 1. The van der Waals surface area contributed by atoms with Crippen molar-refractivity contribution in [3.63, 3.8) is 0 Å². The highest BCUT2D eigenvalue weighted by Crippen LogP contribution is 2.23. The van der Waals surface area contributed by atoms with Gasteiger partial charge in [0.05, 0.1) is 11.7 Å². The summed E-state index contributed by atoms with van der Waals surface area (Å²) in [6.07, 6.45) is 5.47. The predicted molar refractivity (Wildman–Crippen MR) is 124 cm³/mol. The second-order valence-corrected chi connectivity index (χ2v) is 7.82. The van der Waals surface area contributed by atoms with Crippen molar-refractivity contribution in [3.05, 3.63) is 72.7 Å². The molecule has 1 aliphatic rings. The minimum absolute atomic E-state index is 0.559. The van der Waals surface area contributed by atoms with Gasteiger partial charge < -0.3 is 20.4 Å². The summed E-state index contributed by atoms with van der Waals surface area (Å²) in [4.78, 5) is 13.4. The third-order valence-electron chi connectivity index (χ3n) is 5.57. The van der Waals surface area contributed by atoms with Crippen LogP contribution in [-0.2, 0) is 6.54 Å². The molecule has 158 valence electrons. The zero-order valence-electron chi connectivity index (χ0n) is 17.6. The van der Waals surface area contributed by atoms with Crippen molar-refractivity contribution in [1.82, 2.24) is 24.5 Å². The number of nitrogens with zero attached hydrogens (tertiary/aromatic N) is 6. The molecule has 0 aliphatic carbocycles. The summed E-state index contributed by atoms with van der Waals surface area (Å²) < 4.78 is 1.87. The number of hydrogen-bond acceptors (Lipinski definition) is 7. The highest BCUT2D eigenvalue weighted by molar-refractivity contribution is 5.63. The maximum absolute atomic E-state index is 4.69. The maximum atomic E-state index is 4.69. The van der Waals surface area contributed by atoms with Crippen molar-refractivity contribution in [2.75, 3.05) is 48.8 Å². The lowest BCUT2D eigenvalue weighted by molar-refractivity contribution is 0.313. The molecule has 1 aromatic carbocycles. The smallest absolute Gasteiger partial charge is 0.245 e. The minimum atomic E-state index is 0.559. The number of rotatable bonds is 6. The normalized spacial score (nSPS) is 14.7. The van der Waals surface area contributed by atoms with E-state index < -0.39 is 0 Å². The highest BCUT2D eigenvalue weighted by atomic mass is 15.3. The average Bonchev–Trinajstić information content (AvgIpc) is 3.21. The fourth-order valence-electron chi connectivity index (χ4n) is 3.76. The van der Waals surface area contributed by atoms with E-state index in [0.717, 1.165) is 48.8 Å². The molecular weight excluding hydrogens is 388 g/mol. The number of aromatic nitrogens is 4. The van der Waals surface area contributed by atoms with E-state index in [1.807, 2.05) is 47.2 Å². The maximum Gasteiger partial charge on any atom is 0.245 e. The first-order chi connectivity index (χ1) is 15.2. The second kappa shape index (κ2) is 8.61. The Morgan fingerprint density at radius 1 is 0.968 bits per heavy atom. The Bertz CT molecular complexity index is 1150. The summed E-state index contributed by atoms with van der Waals surface area (Å²) in [6, 6.07) is 16.4. The summed E-state index contributed by atoms with van der Waals surface area (Å²) >= 11 is 0. The molecular formula is C23H26N8. The third kappa shape index (κ3) is 4.44. The van der Waals surface area contributed by atoms with E-state index >= 15 is 0 Å². The topological polar surface area (TPSA) is 73.6 Å². The van der Waals surface area contributed by atoms with Crippen LogP contribution in [0.2, 0.25) is 0 Å². The Morgan fingerprint density at radius 3 is 2.71 bits per heavy atom. The van der Waals surface area contributed by atoms with Crippen molar-refractivity contribution in [1.29, 1.82) is 0 Å². The molecule has 31 heavy (non-hydrogen) atoms. The largest absolute Gasteiger partial charge is 0.369 e. The third-order valence-corrected chi connectivity index (χ3v) is 5.57. The van der Waals surface area contributed by atoms with Crippen molar-refractivity contribution < 1.29 is 0 Å². The van der Waals surface area contributed by atoms with Gasteiger partial charge in [-0.3, -0.25) is 4.98 Å². The van der Waals surface area contributed by atoms with Gasteiger partial charge in [0.1, 0.15) is 5.82 Å². The number of hydrogen-bond donors (Lipinski definition) is 2. The van der Waals surface area contributed by atoms with Crippen LogP contribution in [0.4, 0.5) is 23.1 Å². The van der Waals surface area contributed by atoms with E-state index in [1.54, 1.807) is 6.20 Å². The van der Waals surface area contributed by atoms with Gasteiger partial charge in [-0.25, -0.2) is 9.50 Å². The minimum Gasteiger partial charge on any atom is -0.369 e. The van der Waals surface area contributed by atoms with Crippen molar-refractivity contribution >= 4 is 28.7 Å². The first-order valence-electron chi connectivity index (χ1n) is 10.5. The second-order valence-electron chi connectivity index (χ2n) is 7.82. The molecule has 5 rings (SSSR count). The summed E-state index contributed by atoms with van der Waals surface area (Å²) in [7, 11) is 2.17. The van der Waals surface area contributed by atoms with Crippen LogP contribution in [0.15, 0.2) is 67.1 Å². The molecule has 1 saturated heterocycles. The zero-order valence-corrected chi connectivity index (χ0v) is 17.6. The average molecular weight is 415 g/mol. The van der Waals surface area contributed by atoms with Gasteiger partial charge in [0.2, 0.25) is 5.95 Å². The highest BCUT2D eigenvalue weighted by Gasteiger charge is 2.14. The number of piperazine rings is 1. The van der Waals surface area contributed by atoms with Gasteiger partial charge in [-0.05, 0) is 49.0 Å². The van der Waals surface area contributed by atoms with Crippen LogP contribution >= 0.6 is 0 Å². The molecule has 0 unspecified atom stereocenters. The fourth-order valence-corrected chi connectivity index (χ4v) is 3.76. The van der Waals surface area contributed by atoms with Crippen LogP contribution in [0.25, 0.3) is 5.52 Å². The molecule has 0 atom stereocenters. The van der Waals surface area contributed by atoms with Gasteiger partial charge in [0.25, 0.3) is 0 Å². The Morgan fingerprint density at radius 2 is 1.87 bits per heavy atom. The van der Waals surface area contributed by atoms with Crippen LogP contribution in [0.5, 0.6) is 0 Å². The van der Waals surface area contributed by atoms with E-state index in [4.69, 9.17) is 5.10 Å². The molecule has 4 heterocycles.